The Balaban J connectivity index is 1.72. The van der Waals surface area contributed by atoms with Crippen LogP contribution in [-0.4, -0.2) is 44.1 Å². The topological polar surface area (TPSA) is 116 Å². The third-order valence-electron chi connectivity index (χ3n) is 5.96. The van der Waals surface area contributed by atoms with E-state index < -0.39 is 6.04 Å². The van der Waals surface area contributed by atoms with E-state index >= 15 is 0 Å². The summed E-state index contributed by atoms with van der Waals surface area (Å²) in [4.78, 5) is 31.5. The van der Waals surface area contributed by atoms with Crippen LogP contribution in [-0.2, 0) is 0 Å². The van der Waals surface area contributed by atoms with Gasteiger partial charge in [0.2, 0.25) is 0 Å². The van der Waals surface area contributed by atoms with Crippen LogP contribution in [0.2, 0.25) is 0 Å². The third kappa shape index (κ3) is 5.42. The standard InChI is InChI=1S/C27H30N4O4S/c1-16(2)13-20(14-32)29-27(35)24-23(19-10-12-36-15-19)30-25-22(5-4-11-31(24)25)26(34)28-17(3)18-6-8-21(33)9-7-18/h4-12,15-17,20,32-33H,13-14H2,1-3H3,(H,28,34)(H,29,35)/t17-,20-/m0/s1. The first-order valence-electron chi connectivity index (χ1n) is 11.8. The molecule has 3 heterocycles. The molecule has 0 spiro atoms. The first kappa shape index (κ1) is 25.4. The summed E-state index contributed by atoms with van der Waals surface area (Å²) in [6, 6.07) is 11.2. The van der Waals surface area contributed by atoms with Gasteiger partial charge < -0.3 is 20.8 Å². The number of nitrogens with one attached hydrogen (secondary N) is 2. The van der Waals surface area contributed by atoms with Crippen molar-refractivity contribution < 1.29 is 19.8 Å². The summed E-state index contributed by atoms with van der Waals surface area (Å²) in [5.74, 6) is -0.240. The second-order valence-corrected chi connectivity index (χ2v) is 9.99. The van der Waals surface area contributed by atoms with Gasteiger partial charge in [0.15, 0.2) is 5.65 Å². The van der Waals surface area contributed by atoms with Crippen molar-refractivity contribution in [3.63, 3.8) is 0 Å². The maximum atomic E-state index is 13.5. The number of phenols is 1. The lowest BCUT2D eigenvalue weighted by molar-refractivity contribution is 0.0900. The van der Waals surface area contributed by atoms with E-state index in [1.807, 2.05) is 37.6 Å². The van der Waals surface area contributed by atoms with Gasteiger partial charge >= 0.3 is 0 Å². The number of nitrogens with zero attached hydrogens (tertiary/aromatic N) is 2. The molecular formula is C27H30N4O4S. The number of thiophene rings is 1. The van der Waals surface area contributed by atoms with E-state index in [0.29, 0.717) is 34.9 Å². The Labute approximate surface area is 213 Å². The first-order valence-corrected chi connectivity index (χ1v) is 12.8. The van der Waals surface area contributed by atoms with Crippen LogP contribution in [0.3, 0.4) is 0 Å². The summed E-state index contributed by atoms with van der Waals surface area (Å²) >= 11 is 1.49. The molecule has 0 unspecified atom stereocenters. The van der Waals surface area contributed by atoms with Gasteiger partial charge in [-0.2, -0.15) is 11.3 Å². The van der Waals surface area contributed by atoms with Crippen LogP contribution >= 0.6 is 11.3 Å². The van der Waals surface area contributed by atoms with Crippen molar-refractivity contribution in [3.8, 4) is 17.0 Å². The number of hydrogen-bond acceptors (Lipinski definition) is 6. The van der Waals surface area contributed by atoms with Crippen LogP contribution in [0.1, 0.15) is 59.6 Å². The van der Waals surface area contributed by atoms with Gasteiger partial charge in [-0.1, -0.05) is 26.0 Å². The van der Waals surface area contributed by atoms with Crippen molar-refractivity contribution in [2.45, 2.75) is 39.3 Å². The number of carbonyl (C=O) groups is 2. The maximum absolute atomic E-state index is 13.5. The average Bonchev–Trinajstić information content (AvgIpc) is 3.51. The minimum absolute atomic E-state index is 0.156. The smallest absolute Gasteiger partial charge is 0.270 e. The second kappa shape index (κ2) is 10.9. The molecule has 4 aromatic rings. The van der Waals surface area contributed by atoms with Crippen LogP contribution in [0.4, 0.5) is 0 Å². The Morgan fingerprint density at radius 3 is 2.44 bits per heavy atom. The predicted molar refractivity (Wildman–Crippen MR) is 140 cm³/mol. The predicted octanol–water partition coefficient (Wildman–Crippen LogP) is 4.40. The molecule has 36 heavy (non-hydrogen) atoms. The number of benzene rings is 1. The van der Waals surface area contributed by atoms with Crippen molar-refractivity contribution in [2.75, 3.05) is 6.61 Å². The van der Waals surface area contributed by atoms with Crippen LogP contribution in [0, 0.1) is 5.92 Å². The molecule has 3 aromatic heterocycles. The summed E-state index contributed by atoms with van der Waals surface area (Å²) in [6.45, 7) is 5.75. The van der Waals surface area contributed by atoms with Crippen molar-refractivity contribution in [2.24, 2.45) is 5.92 Å². The van der Waals surface area contributed by atoms with Crippen molar-refractivity contribution in [1.29, 1.82) is 0 Å². The largest absolute Gasteiger partial charge is 0.508 e. The highest BCUT2D eigenvalue weighted by Crippen LogP contribution is 2.28. The molecule has 0 aliphatic heterocycles. The molecule has 8 nitrogen and oxygen atoms in total. The van der Waals surface area contributed by atoms with E-state index in [9.17, 15) is 19.8 Å². The molecule has 0 aliphatic rings. The lowest BCUT2D eigenvalue weighted by Crippen LogP contribution is -2.39. The zero-order chi connectivity index (χ0) is 25.8. The summed E-state index contributed by atoms with van der Waals surface area (Å²) in [7, 11) is 0. The van der Waals surface area contributed by atoms with Gasteiger partial charge in [0.1, 0.15) is 17.1 Å². The highest BCUT2D eigenvalue weighted by Gasteiger charge is 2.26. The minimum Gasteiger partial charge on any atom is -0.508 e. The third-order valence-corrected chi connectivity index (χ3v) is 6.64. The number of phenolic OH excluding ortho intramolecular Hbond substituents is 1. The number of aliphatic hydroxyl groups excluding tert-OH is 1. The van der Waals surface area contributed by atoms with E-state index in [1.165, 1.54) is 11.3 Å². The number of fused-ring (bicyclic) bond motifs is 1. The van der Waals surface area contributed by atoms with E-state index in [2.05, 4.69) is 10.6 Å². The molecular weight excluding hydrogens is 476 g/mol. The van der Waals surface area contributed by atoms with Crippen LogP contribution < -0.4 is 10.6 Å². The van der Waals surface area contributed by atoms with E-state index in [1.54, 1.807) is 47.0 Å². The monoisotopic (exact) mass is 506 g/mol. The number of aromatic nitrogens is 2. The molecule has 0 fully saturated rings. The van der Waals surface area contributed by atoms with Gasteiger partial charge in [0, 0.05) is 17.1 Å². The molecule has 4 N–H and O–H groups in total. The molecule has 0 aliphatic carbocycles. The van der Waals surface area contributed by atoms with E-state index in [0.717, 1.165) is 11.1 Å². The number of aliphatic hydroxyl groups is 1. The van der Waals surface area contributed by atoms with Gasteiger partial charge in [0.25, 0.3) is 11.8 Å². The molecule has 0 saturated heterocycles. The van der Waals surface area contributed by atoms with Crippen molar-refractivity contribution >= 4 is 28.8 Å². The fraction of sp³-hybridized carbons (Fsp3) is 0.296. The summed E-state index contributed by atoms with van der Waals surface area (Å²) in [6.07, 6.45) is 2.35. The molecule has 9 heteroatoms. The molecule has 2 amide bonds. The van der Waals surface area contributed by atoms with Crippen molar-refractivity contribution in [1.82, 2.24) is 20.0 Å². The Bertz CT molecular complexity index is 1350. The number of amides is 2. The number of carbonyl (C=O) groups excluding carboxylic acids is 2. The zero-order valence-electron chi connectivity index (χ0n) is 20.4. The first-order chi connectivity index (χ1) is 17.3. The number of aromatic hydroxyl groups is 1. The van der Waals surface area contributed by atoms with E-state index in [4.69, 9.17) is 4.98 Å². The van der Waals surface area contributed by atoms with Gasteiger partial charge in [-0.3, -0.25) is 14.0 Å². The van der Waals surface area contributed by atoms with Gasteiger partial charge in [0.05, 0.1) is 24.3 Å². The van der Waals surface area contributed by atoms with Gasteiger partial charge in [-0.25, -0.2) is 4.98 Å². The molecule has 0 saturated carbocycles. The fourth-order valence-corrected chi connectivity index (χ4v) is 4.83. The lowest BCUT2D eigenvalue weighted by atomic mass is 10.0. The molecule has 4 rings (SSSR count). The number of rotatable bonds is 9. The second-order valence-electron chi connectivity index (χ2n) is 9.21. The van der Waals surface area contributed by atoms with Gasteiger partial charge in [-0.15, -0.1) is 0 Å². The Morgan fingerprint density at radius 1 is 1.06 bits per heavy atom. The van der Waals surface area contributed by atoms with Gasteiger partial charge in [-0.05, 0) is 60.5 Å². The van der Waals surface area contributed by atoms with Crippen LogP contribution in [0.15, 0.2) is 59.4 Å². The SMILES string of the molecule is CC(C)C[C@@H](CO)NC(=O)c1c(-c2ccsc2)nc2c(C(=O)N[C@@H](C)c3ccc(O)cc3)cccn12. The number of imidazole rings is 1. The normalized spacial score (nSPS) is 13.0. The van der Waals surface area contributed by atoms with Crippen LogP contribution in [0.25, 0.3) is 16.9 Å². The summed E-state index contributed by atoms with van der Waals surface area (Å²) in [5, 5.41) is 29.1. The Morgan fingerprint density at radius 2 is 1.81 bits per heavy atom. The molecule has 2 atom stereocenters. The summed E-state index contributed by atoms with van der Waals surface area (Å²) in [5.41, 5.74) is 3.11. The summed E-state index contributed by atoms with van der Waals surface area (Å²) < 4.78 is 1.63. The van der Waals surface area contributed by atoms with Crippen molar-refractivity contribution in [3.05, 3.63) is 76.2 Å². The number of pyridine rings is 1. The maximum Gasteiger partial charge on any atom is 0.270 e. The zero-order valence-corrected chi connectivity index (χ0v) is 21.2. The molecule has 1 aromatic carbocycles. The Hall–Kier alpha value is -3.69. The average molecular weight is 507 g/mol. The highest BCUT2D eigenvalue weighted by molar-refractivity contribution is 7.08. The Kier molecular flexibility index (Phi) is 7.71. The van der Waals surface area contributed by atoms with E-state index in [-0.39, 0.29) is 30.2 Å². The fourth-order valence-electron chi connectivity index (χ4n) is 4.18. The molecule has 188 valence electrons. The number of hydrogen-bond donors (Lipinski definition) is 4. The lowest BCUT2D eigenvalue weighted by Gasteiger charge is -2.18. The molecule has 0 radical (unpaired) electrons. The van der Waals surface area contributed by atoms with Crippen LogP contribution in [0.5, 0.6) is 5.75 Å². The molecule has 0 bridgehead atoms. The quantitative estimate of drug-likeness (QED) is 0.269. The minimum atomic E-state index is -0.393. The highest BCUT2D eigenvalue weighted by atomic mass is 32.1.